The summed E-state index contributed by atoms with van der Waals surface area (Å²) < 4.78 is 34.9. The van der Waals surface area contributed by atoms with Gasteiger partial charge in [-0.2, -0.15) is 8.78 Å². The molecule has 0 aliphatic heterocycles. The van der Waals surface area contributed by atoms with Crippen LogP contribution in [0, 0.1) is 0 Å². The number of carbonyl (C=O) groups excluding carboxylic acids is 2. The summed E-state index contributed by atoms with van der Waals surface area (Å²) in [7, 11) is 1.31. The molecule has 2 amide bonds. The first-order valence-electron chi connectivity index (χ1n) is 11.4. The molecule has 0 radical (unpaired) electrons. The van der Waals surface area contributed by atoms with Crippen LogP contribution >= 0.6 is 0 Å². The zero-order valence-electron chi connectivity index (χ0n) is 19.9. The molecule has 0 bridgehead atoms. The third-order valence-corrected chi connectivity index (χ3v) is 5.29. The topological polar surface area (TPSA) is 76.7 Å². The lowest BCUT2D eigenvalue weighted by Crippen LogP contribution is -2.36. The molecule has 188 valence electrons. The van der Waals surface area contributed by atoms with E-state index in [-0.39, 0.29) is 17.1 Å². The number of carbonyl (C=O) groups is 2. The average molecular weight is 495 g/mol. The van der Waals surface area contributed by atoms with Crippen molar-refractivity contribution in [3.63, 3.8) is 0 Å². The minimum absolute atomic E-state index is 0.0531. The van der Waals surface area contributed by atoms with Gasteiger partial charge in [-0.25, -0.2) is 0 Å². The van der Waals surface area contributed by atoms with Crippen LogP contribution in [0.1, 0.15) is 16.7 Å². The molecule has 0 saturated carbocycles. The Balaban J connectivity index is 1.75. The number of amides is 2. The number of benzene rings is 3. The molecular formula is C28H28F2N2O4. The highest BCUT2D eigenvalue weighted by atomic mass is 19.3. The van der Waals surface area contributed by atoms with E-state index in [0.29, 0.717) is 31.5 Å². The van der Waals surface area contributed by atoms with Crippen LogP contribution in [0.15, 0.2) is 84.4 Å². The van der Waals surface area contributed by atoms with Gasteiger partial charge in [0.05, 0.1) is 7.11 Å². The fraction of sp³-hybridized carbons (Fsp3) is 0.214. The Labute approximate surface area is 208 Å². The molecule has 0 spiro atoms. The molecule has 8 heteroatoms. The highest BCUT2D eigenvalue weighted by molar-refractivity contribution is 6.21. The molecule has 0 aromatic heterocycles. The van der Waals surface area contributed by atoms with Gasteiger partial charge in [-0.1, -0.05) is 66.7 Å². The summed E-state index contributed by atoms with van der Waals surface area (Å²) in [6.45, 7) is -2.34. The van der Waals surface area contributed by atoms with Crippen molar-refractivity contribution in [3.05, 3.63) is 101 Å². The molecule has 0 aliphatic rings. The van der Waals surface area contributed by atoms with Gasteiger partial charge in [0.2, 0.25) is 0 Å². The Morgan fingerprint density at radius 3 is 1.81 bits per heavy atom. The van der Waals surface area contributed by atoms with E-state index in [4.69, 9.17) is 4.74 Å². The first kappa shape index (κ1) is 26.4. The molecule has 0 atom stereocenters. The van der Waals surface area contributed by atoms with Gasteiger partial charge in [-0.05, 0) is 47.7 Å². The van der Waals surface area contributed by atoms with Crippen LogP contribution in [-0.2, 0) is 22.4 Å². The molecule has 0 aliphatic carbocycles. The Hall–Kier alpha value is -4.20. The monoisotopic (exact) mass is 494 g/mol. The highest BCUT2D eigenvalue weighted by Gasteiger charge is 2.19. The normalized spacial score (nSPS) is 10.4. The zero-order valence-corrected chi connectivity index (χ0v) is 19.9. The summed E-state index contributed by atoms with van der Waals surface area (Å²) >= 11 is 0. The maximum atomic E-state index is 13.0. The van der Waals surface area contributed by atoms with Crippen LogP contribution in [0.3, 0.4) is 0 Å². The highest BCUT2D eigenvalue weighted by Crippen LogP contribution is 2.30. The summed E-state index contributed by atoms with van der Waals surface area (Å²) in [6, 6.07) is 23.5. The zero-order chi connectivity index (χ0) is 25.8. The van der Waals surface area contributed by atoms with E-state index in [2.05, 4.69) is 15.4 Å². The van der Waals surface area contributed by atoms with Crippen LogP contribution < -0.4 is 20.1 Å². The number of nitrogens with one attached hydrogen (secondary N) is 2. The van der Waals surface area contributed by atoms with Crippen LogP contribution in [0.2, 0.25) is 0 Å². The number of ether oxygens (including phenoxy) is 2. The second-order valence-corrected chi connectivity index (χ2v) is 7.83. The van der Waals surface area contributed by atoms with Crippen molar-refractivity contribution >= 4 is 17.9 Å². The lowest BCUT2D eigenvalue weighted by atomic mass is 10.1. The van der Waals surface area contributed by atoms with E-state index < -0.39 is 18.4 Å². The van der Waals surface area contributed by atoms with E-state index in [9.17, 15) is 18.4 Å². The molecule has 3 aromatic rings. The standard InChI is InChI=1S/C28H28F2N2O4/c1-35-25-19-22(12-13-24(25)36-28(29)30)18-23(26(33)31-16-14-20-8-4-2-5-9-20)27(34)32-17-15-21-10-6-3-7-11-21/h2-13,18-19,28H,14-17H2,1H3,(H,31,33)(H,32,34). The van der Waals surface area contributed by atoms with Crippen molar-refractivity contribution in [3.8, 4) is 11.5 Å². The smallest absolute Gasteiger partial charge is 0.387 e. The van der Waals surface area contributed by atoms with E-state index in [1.807, 2.05) is 60.7 Å². The summed E-state index contributed by atoms with van der Waals surface area (Å²) in [5.74, 6) is -1.19. The quantitative estimate of drug-likeness (QED) is 0.222. The Bertz CT molecular complexity index is 1110. The van der Waals surface area contributed by atoms with Crippen molar-refractivity contribution in [2.75, 3.05) is 20.2 Å². The van der Waals surface area contributed by atoms with E-state index in [0.717, 1.165) is 11.1 Å². The lowest BCUT2D eigenvalue weighted by molar-refractivity contribution is -0.123. The Morgan fingerprint density at radius 1 is 0.806 bits per heavy atom. The molecule has 2 N–H and O–H groups in total. The van der Waals surface area contributed by atoms with Crippen LogP contribution in [0.25, 0.3) is 6.08 Å². The van der Waals surface area contributed by atoms with Crippen LogP contribution in [0.5, 0.6) is 11.5 Å². The molecule has 36 heavy (non-hydrogen) atoms. The molecule has 3 aromatic carbocycles. The number of hydrogen-bond donors (Lipinski definition) is 2. The van der Waals surface area contributed by atoms with Gasteiger partial charge < -0.3 is 20.1 Å². The largest absolute Gasteiger partial charge is 0.493 e. The van der Waals surface area contributed by atoms with Crippen molar-refractivity contribution in [1.82, 2.24) is 10.6 Å². The SMILES string of the molecule is COc1cc(C=C(C(=O)NCCc2ccccc2)C(=O)NCCc2ccccc2)ccc1OC(F)F. The maximum absolute atomic E-state index is 13.0. The average Bonchev–Trinajstić information content (AvgIpc) is 2.88. The van der Waals surface area contributed by atoms with Gasteiger partial charge in [-0.15, -0.1) is 0 Å². The number of hydrogen-bond acceptors (Lipinski definition) is 4. The third kappa shape index (κ3) is 8.23. The van der Waals surface area contributed by atoms with Gasteiger partial charge >= 0.3 is 6.61 Å². The Morgan fingerprint density at radius 2 is 1.33 bits per heavy atom. The molecule has 0 fully saturated rings. The minimum atomic E-state index is -3.01. The Kier molecular flexibility index (Phi) is 10.00. The molecular weight excluding hydrogens is 466 g/mol. The first-order valence-corrected chi connectivity index (χ1v) is 11.4. The van der Waals surface area contributed by atoms with E-state index in [1.54, 1.807) is 0 Å². The number of rotatable bonds is 12. The molecule has 0 heterocycles. The lowest BCUT2D eigenvalue weighted by Gasteiger charge is -2.12. The summed E-state index contributed by atoms with van der Waals surface area (Å²) in [5.41, 5.74) is 2.41. The molecule has 6 nitrogen and oxygen atoms in total. The second-order valence-electron chi connectivity index (χ2n) is 7.83. The van der Waals surface area contributed by atoms with Crippen molar-refractivity contribution in [2.24, 2.45) is 0 Å². The summed E-state index contributed by atoms with van der Waals surface area (Å²) in [6.07, 6.45) is 2.59. The fourth-order valence-electron chi connectivity index (χ4n) is 3.49. The number of methoxy groups -OCH3 is 1. The predicted octanol–water partition coefficient (Wildman–Crippen LogP) is 4.40. The van der Waals surface area contributed by atoms with Gasteiger partial charge in [0, 0.05) is 13.1 Å². The fourth-order valence-corrected chi connectivity index (χ4v) is 3.49. The van der Waals surface area contributed by atoms with Crippen LogP contribution in [-0.4, -0.2) is 38.6 Å². The van der Waals surface area contributed by atoms with Crippen LogP contribution in [0.4, 0.5) is 8.78 Å². The van der Waals surface area contributed by atoms with Gasteiger partial charge in [0.1, 0.15) is 5.57 Å². The van der Waals surface area contributed by atoms with E-state index >= 15 is 0 Å². The van der Waals surface area contributed by atoms with Gasteiger partial charge in [0.25, 0.3) is 11.8 Å². The van der Waals surface area contributed by atoms with Crippen molar-refractivity contribution < 1.29 is 27.8 Å². The third-order valence-electron chi connectivity index (χ3n) is 5.29. The second kappa shape index (κ2) is 13.6. The maximum Gasteiger partial charge on any atom is 0.387 e. The predicted molar refractivity (Wildman–Crippen MR) is 134 cm³/mol. The first-order chi connectivity index (χ1) is 17.5. The molecule has 3 rings (SSSR count). The summed E-state index contributed by atoms with van der Waals surface area (Å²) in [5, 5.41) is 5.57. The van der Waals surface area contributed by atoms with Crippen molar-refractivity contribution in [2.45, 2.75) is 19.5 Å². The minimum Gasteiger partial charge on any atom is -0.493 e. The molecule has 0 saturated heterocycles. The van der Waals surface area contributed by atoms with Gasteiger partial charge in [-0.3, -0.25) is 9.59 Å². The molecule has 0 unspecified atom stereocenters. The van der Waals surface area contributed by atoms with E-state index in [1.165, 1.54) is 31.4 Å². The number of alkyl halides is 2. The van der Waals surface area contributed by atoms with Gasteiger partial charge in [0.15, 0.2) is 11.5 Å². The number of halogens is 2. The summed E-state index contributed by atoms with van der Waals surface area (Å²) in [4.78, 5) is 26.0. The van der Waals surface area contributed by atoms with Crippen molar-refractivity contribution in [1.29, 1.82) is 0 Å².